The van der Waals surface area contributed by atoms with Crippen molar-refractivity contribution >= 4 is 223 Å². The number of piperazine rings is 4. The van der Waals surface area contributed by atoms with E-state index < -0.39 is 21.4 Å². The highest BCUT2D eigenvalue weighted by Crippen LogP contribution is 2.34. The largest absolute Gasteiger partial charge is 0.418 e. The van der Waals surface area contributed by atoms with Gasteiger partial charge in [0, 0.05) is 139 Å². The molecule has 133 heavy (non-hydrogen) atoms. The number of non-ortho nitro benzene ring substituents is 2. The number of nitrogen functional groups attached to an aromatic ring is 1. The van der Waals surface area contributed by atoms with Crippen molar-refractivity contribution in [1.29, 1.82) is 0 Å². The number of anilines is 8. The van der Waals surface area contributed by atoms with E-state index in [0.29, 0.717) is 118 Å². The maximum absolute atomic E-state index is 13.3. The van der Waals surface area contributed by atoms with Crippen LogP contribution in [0.25, 0.3) is 40.9 Å². The summed E-state index contributed by atoms with van der Waals surface area (Å²) in [7, 11) is 0. The number of carbonyl (C=O) groups is 4. The second-order valence-electron chi connectivity index (χ2n) is 30.1. The van der Waals surface area contributed by atoms with Crippen LogP contribution in [0, 0.1) is 71.2 Å². The Hall–Kier alpha value is -12.6. The number of nitro groups is 2. The molecule has 696 valence electrons. The molecule has 36 nitrogen and oxygen atoms in total. The molecule has 4 aliphatic rings. The molecule has 4 saturated heterocycles. The first-order chi connectivity index (χ1) is 63.5. The fourth-order valence-corrected chi connectivity index (χ4v) is 17.7. The molecule has 0 aliphatic carbocycles. The van der Waals surface area contributed by atoms with Gasteiger partial charge < -0.3 is 55.2 Å². The SMILES string of the molecule is Cc1cc(Cl)nnc1N1CCN(C(=O)Nc2nc3ccc(F)cc3s2)[C@H](C)C1.Cc1cc(Cl)nnc1N1CCN[C@H](C)C1.Cc1cc(N2CCN(C(=O)Nc3nc4ccc(F)cc4s3)[C@H](C)C2)nnc1Cl.Cc1cc(N2CCN[C@H](C)C2)nnc1Cl.Nc1nc2ccc(F)cc2s1.O=C(Cl)Oc1ccc([N+](=O)[O-])cc1.O=C(Nc1nc2ccc(F)cc2s1)Oc1ccc([N+](=O)[O-])cc1. The first-order valence-corrected chi connectivity index (χ1v) is 45.6. The summed E-state index contributed by atoms with van der Waals surface area (Å²) in [4.78, 5) is 96.1. The third kappa shape index (κ3) is 28.2. The van der Waals surface area contributed by atoms with Crippen molar-refractivity contribution in [1.82, 2.24) is 81.2 Å². The number of hydrogen-bond donors (Lipinski definition) is 6. The normalized spacial score (nSPS) is 15.8. The number of aromatic nitrogens is 12. The minimum absolute atomic E-state index is 0.0293. The van der Waals surface area contributed by atoms with E-state index in [1.165, 1.54) is 137 Å². The molecular formula is C84H83Cl5F4N26O10S4. The maximum Gasteiger partial charge on any atom is 0.418 e. The smallest absolute Gasteiger partial charge is 0.414 e. The number of nitro benzene ring substituents is 2. The molecule has 14 aromatic rings. The van der Waals surface area contributed by atoms with Gasteiger partial charge in [-0.2, -0.15) is 0 Å². The zero-order valence-corrected chi connectivity index (χ0v) is 78.8. The Labute approximate surface area is 797 Å². The third-order valence-electron chi connectivity index (χ3n) is 20.0. The number of nitrogens with zero attached hydrogens (tertiary/aromatic N) is 20. The molecule has 4 aliphatic heterocycles. The van der Waals surface area contributed by atoms with Gasteiger partial charge >= 0.3 is 23.6 Å². The molecule has 0 unspecified atom stereocenters. The lowest BCUT2D eigenvalue weighted by atomic mass is 10.2. The van der Waals surface area contributed by atoms with Gasteiger partial charge in [0.25, 0.3) is 11.4 Å². The van der Waals surface area contributed by atoms with Gasteiger partial charge in [0.2, 0.25) is 0 Å². The second kappa shape index (κ2) is 46.2. The van der Waals surface area contributed by atoms with Gasteiger partial charge in [0.1, 0.15) is 34.8 Å². The number of fused-ring (bicyclic) bond motifs is 4. The number of rotatable bonds is 11. The number of carbonyl (C=O) groups excluding carboxylic acids is 4. The van der Waals surface area contributed by atoms with Gasteiger partial charge in [-0.05, 0) is 199 Å². The van der Waals surface area contributed by atoms with Crippen molar-refractivity contribution in [3.63, 3.8) is 0 Å². The number of benzene rings is 6. The van der Waals surface area contributed by atoms with Crippen LogP contribution in [0.3, 0.4) is 0 Å². The van der Waals surface area contributed by atoms with E-state index in [9.17, 15) is 57.0 Å². The van der Waals surface area contributed by atoms with E-state index in [4.69, 9.17) is 68.5 Å². The van der Waals surface area contributed by atoms with E-state index in [1.54, 1.807) is 34.1 Å². The van der Waals surface area contributed by atoms with E-state index in [0.717, 1.165) is 106 Å². The minimum atomic E-state index is -0.978. The van der Waals surface area contributed by atoms with Gasteiger partial charge in [-0.3, -0.25) is 36.2 Å². The van der Waals surface area contributed by atoms with Gasteiger partial charge in [0.05, 0.1) is 50.7 Å². The van der Waals surface area contributed by atoms with Crippen molar-refractivity contribution in [3.8, 4) is 11.5 Å². The van der Waals surface area contributed by atoms with Crippen LogP contribution in [0.2, 0.25) is 20.6 Å². The van der Waals surface area contributed by atoms with Crippen molar-refractivity contribution in [3.05, 3.63) is 232 Å². The van der Waals surface area contributed by atoms with Crippen LogP contribution >= 0.6 is 103 Å². The van der Waals surface area contributed by atoms with E-state index >= 15 is 0 Å². The molecule has 0 bridgehead atoms. The highest BCUT2D eigenvalue weighted by atomic mass is 35.5. The predicted octanol–water partition coefficient (Wildman–Crippen LogP) is 18.6. The third-order valence-corrected chi connectivity index (χ3v) is 24.8. The summed E-state index contributed by atoms with van der Waals surface area (Å²) in [5.74, 6) is 2.45. The molecular weight excluding hydrogens is 1910 g/mol. The van der Waals surface area contributed by atoms with Crippen LogP contribution in [0.4, 0.5) is 91.9 Å². The number of nitrogens with two attached hydrogens (primary N) is 1. The molecule has 8 aromatic heterocycles. The van der Waals surface area contributed by atoms with Crippen LogP contribution in [0.5, 0.6) is 11.5 Å². The number of hydrogen-bond acceptors (Lipinski definition) is 33. The molecule has 12 heterocycles. The first kappa shape index (κ1) is 99.4. The van der Waals surface area contributed by atoms with Crippen LogP contribution in [0.15, 0.2) is 146 Å². The Morgan fingerprint density at radius 1 is 0.436 bits per heavy atom. The highest BCUT2D eigenvalue weighted by Gasteiger charge is 2.32. The molecule has 7 N–H and O–H groups in total. The lowest BCUT2D eigenvalue weighted by Gasteiger charge is -2.40. The van der Waals surface area contributed by atoms with Crippen LogP contribution in [-0.4, -0.2) is 207 Å². The van der Waals surface area contributed by atoms with E-state index in [1.807, 2.05) is 59.7 Å². The van der Waals surface area contributed by atoms with Crippen molar-refractivity contribution in [2.75, 3.05) is 120 Å². The average molecular weight is 2000 g/mol. The molecule has 0 saturated carbocycles. The molecule has 4 atom stereocenters. The summed E-state index contributed by atoms with van der Waals surface area (Å²) in [6.07, 6.45) is -0.793. The number of thiazole rings is 4. The van der Waals surface area contributed by atoms with E-state index in [-0.39, 0.29) is 75.4 Å². The Kier molecular flexibility index (Phi) is 34.5. The Bertz CT molecular complexity index is 6510. The molecule has 5 amide bonds. The zero-order chi connectivity index (χ0) is 95.4. The number of nitrogens with one attached hydrogen (secondary N) is 5. The second-order valence-corrected chi connectivity index (χ2v) is 36.0. The van der Waals surface area contributed by atoms with Crippen LogP contribution in [-0.2, 0) is 0 Å². The molecule has 18 rings (SSSR count). The quantitative estimate of drug-likeness (QED) is 0.0303. The van der Waals surface area contributed by atoms with Gasteiger partial charge in [0.15, 0.2) is 64.4 Å². The summed E-state index contributed by atoms with van der Waals surface area (Å²) < 4.78 is 64.6. The minimum Gasteiger partial charge on any atom is -0.414 e. The lowest BCUT2D eigenvalue weighted by Crippen LogP contribution is -2.55. The monoisotopic (exact) mass is 1990 g/mol. The summed E-state index contributed by atoms with van der Waals surface area (Å²) in [6, 6.07) is 35.4. The topological polar surface area (TPSA) is 433 Å². The highest BCUT2D eigenvalue weighted by molar-refractivity contribution is 7.23. The first-order valence-electron chi connectivity index (χ1n) is 40.5. The van der Waals surface area contributed by atoms with Gasteiger partial charge in [-0.25, -0.2) is 56.7 Å². The Morgan fingerprint density at radius 3 is 1.19 bits per heavy atom. The summed E-state index contributed by atoms with van der Waals surface area (Å²) >= 11 is 33.3. The molecule has 0 spiro atoms. The molecule has 0 radical (unpaired) electrons. The van der Waals surface area contributed by atoms with Crippen LogP contribution < -0.4 is 61.4 Å². The Balaban J connectivity index is 0.000000144. The lowest BCUT2D eigenvalue weighted by molar-refractivity contribution is -0.385. The predicted molar refractivity (Wildman–Crippen MR) is 512 cm³/mol. The number of ether oxygens (including phenoxy) is 2. The molecule has 49 heteroatoms. The number of halogens is 9. The zero-order valence-electron chi connectivity index (χ0n) is 71.8. The van der Waals surface area contributed by atoms with E-state index in [2.05, 4.69) is 125 Å². The Morgan fingerprint density at radius 2 is 0.797 bits per heavy atom. The number of aryl methyl sites for hydroxylation is 4. The van der Waals surface area contributed by atoms with Crippen molar-refractivity contribution < 1.29 is 56.1 Å². The summed E-state index contributed by atoms with van der Waals surface area (Å²) in [5, 5.41) is 71.3. The molecule has 4 fully saturated rings. The van der Waals surface area contributed by atoms with Crippen molar-refractivity contribution in [2.24, 2.45) is 0 Å². The number of amides is 5. The standard InChI is InChI=1S/2C18H18ClFN6OS.C14H8FN3O4S.2C10H15ClN4.C7H4ClNO4.C7H5FN2S/c1-10-7-15(23-24-16(10)19)25-5-6-26(11(2)9-25)18(27)22-17-21-13-4-3-12(20)8-14(13)28-17;1-10-7-15(19)23-24-16(10)25-5-6-26(11(2)9-25)18(27)22-17-21-13-4-3-12(20)8-14(13)28-17;15-8-1-6-11-12(7-8)23-13(16-11)17-14(19)22-10-4-2-9(3-5-10)18(20)21;1-7-5-9(13-14-10(7)11)15-4-3-12-8(2)6-15;1-7-5-9(11)13-14-10(7)15-4-3-12-8(2)6-15;8-7(10)13-6-3-1-5(2-4-6)9(11)12;8-4-1-2-5-6(3-4)11-7(9)10-5/h2*3-4,7-8,11H,5-6,9H2,1-2H3,(H,21,22,27);1-7H,(H,16,17,19);2*5,8,12H,3-4,6H2,1-2H3;1-4H;1-3H,(H2,9,10)/t2*11-;;2*8-;;/m11.11../s1. The fourth-order valence-electron chi connectivity index (χ4n) is 13.6. The van der Waals surface area contributed by atoms with Gasteiger partial charge in [-0.15, -0.1) is 40.8 Å². The van der Waals surface area contributed by atoms with Crippen molar-refractivity contribution in [2.45, 2.75) is 79.6 Å². The van der Waals surface area contributed by atoms with Gasteiger partial charge in [-0.1, -0.05) is 91.8 Å². The summed E-state index contributed by atoms with van der Waals surface area (Å²) in [6.45, 7) is 25.6. The average Bonchev–Trinajstić information content (AvgIpc) is 1.77. The molecule has 6 aromatic carbocycles. The fraction of sp³-hybridized carbons (Fsp3) is 0.286. The number of urea groups is 2. The maximum atomic E-state index is 13.3. The summed E-state index contributed by atoms with van der Waals surface area (Å²) in [5.41, 5.74) is 10.8. The van der Waals surface area contributed by atoms with Crippen LogP contribution in [0.1, 0.15) is 49.9 Å².